The molecule has 0 aromatic carbocycles. The molecule has 0 saturated heterocycles. The Labute approximate surface area is 110 Å². The standard InChI is InChI=1S/C10H18O4.C4H8/c11-9(12)7-5-3-1-2-4-6-8-10(13)14;1-3-4-2/h1-8H2,(H,11,12)(H,13,14);3-4H,1-2H3. The van der Waals surface area contributed by atoms with Crippen LogP contribution in [-0.2, 0) is 9.59 Å². The van der Waals surface area contributed by atoms with Gasteiger partial charge in [0.05, 0.1) is 0 Å². The summed E-state index contributed by atoms with van der Waals surface area (Å²) in [6.45, 7) is 4.00. The fourth-order valence-corrected chi connectivity index (χ4v) is 1.26. The summed E-state index contributed by atoms with van der Waals surface area (Å²) >= 11 is 0. The molecular weight excluding hydrogens is 232 g/mol. The van der Waals surface area contributed by atoms with Gasteiger partial charge in [-0.3, -0.25) is 9.59 Å². The molecule has 0 aliphatic rings. The average molecular weight is 258 g/mol. The van der Waals surface area contributed by atoms with Crippen LogP contribution < -0.4 is 0 Å². The highest BCUT2D eigenvalue weighted by atomic mass is 16.4. The number of rotatable bonds is 9. The summed E-state index contributed by atoms with van der Waals surface area (Å²) in [6.07, 6.45) is 9.82. The maximum Gasteiger partial charge on any atom is 0.303 e. The van der Waals surface area contributed by atoms with Gasteiger partial charge in [0, 0.05) is 12.8 Å². The third kappa shape index (κ3) is 24.1. The SMILES string of the molecule is CC=CC.O=C(O)CCCCCCCCC(=O)O. The van der Waals surface area contributed by atoms with E-state index in [-0.39, 0.29) is 12.8 Å². The van der Waals surface area contributed by atoms with Gasteiger partial charge in [-0.1, -0.05) is 37.8 Å². The van der Waals surface area contributed by atoms with Crippen LogP contribution in [0.15, 0.2) is 12.2 Å². The molecule has 0 radical (unpaired) electrons. The third-order valence-electron chi connectivity index (χ3n) is 2.36. The molecule has 0 spiro atoms. The van der Waals surface area contributed by atoms with E-state index in [0.29, 0.717) is 0 Å². The summed E-state index contributed by atoms with van der Waals surface area (Å²) in [7, 11) is 0. The molecule has 0 aromatic rings. The van der Waals surface area contributed by atoms with Crippen LogP contribution in [0.25, 0.3) is 0 Å². The van der Waals surface area contributed by atoms with E-state index in [4.69, 9.17) is 10.2 Å². The minimum Gasteiger partial charge on any atom is -0.481 e. The second-order valence-electron chi connectivity index (χ2n) is 4.08. The fraction of sp³-hybridized carbons (Fsp3) is 0.714. The van der Waals surface area contributed by atoms with Gasteiger partial charge in [0.15, 0.2) is 0 Å². The first-order chi connectivity index (χ1) is 8.54. The van der Waals surface area contributed by atoms with Crippen molar-refractivity contribution >= 4 is 11.9 Å². The van der Waals surface area contributed by atoms with Crippen LogP contribution >= 0.6 is 0 Å². The second-order valence-corrected chi connectivity index (χ2v) is 4.08. The lowest BCUT2D eigenvalue weighted by Gasteiger charge is -1.98. The molecule has 0 rings (SSSR count). The zero-order valence-corrected chi connectivity index (χ0v) is 11.5. The zero-order valence-electron chi connectivity index (χ0n) is 11.5. The van der Waals surface area contributed by atoms with Crippen LogP contribution in [0.1, 0.15) is 65.2 Å². The molecule has 0 heterocycles. The van der Waals surface area contributed by atoms with Crippen molar-refractivity contribution < 1.29 is 19.8 Å². The van der Waals surface area contributed by atoms with Crippen LogP contribution in [0.3, 0.4) is 0 Å². The van der Waals surface area contributed by atoms with E-state index < -0.39 is 11.9 Å². The summed E-state index contributed by atoms with van der Waals surface area (Å²) in [6, 6.07) is 0. The molecule has 0 saturated carbocycles. The summed E-state index contributed by atoms with van der Waals surface area (Å²) in [5.74, 6) is -1.48. The normalized spacial score (nSPS) is 9.89. The summed E-state index contributed by atoms with van der Waals surface area (Å²) in [4.78, 5) is 20.3. The maximum absolute atomic E-state index is 10.1. The quantitative estimate of drug-likeness (QED) is 0.486. The van der Waals surface area contributed by atoms with Crippen LogP contribution in [0.5, 0.6) is 0 Å². The molecule has 0 unspecified atom stereocenters. The number of carbonyl (C=O) groups is 2. The number of hydrogen-bond acceptors (Lipinski definition) is 2. The van der Waals surface area contributed by atoms with Crippen LogP contribution in [0.2, 0.25) is 0 Å². The Hall–Kier alpha value is -1.32. The van der Waals surface area contributed by atoms with Gasteiger partial charge in [-0.2, -0.15) is 0 Å². The van der Waals surface area contributed by atoms with E-state index in [2.05, 4.69) is 0 Å². The number of unbranched alkanes of at least 4 members (excludes halogenated alkanes) is 5. The minimum absolute atomic E-state index is 0.245. The molecule has 0 atom stereocenters. The number of allylic oxidation sites excluding steroid dienone is 2. The van der Waals surface area contributed by atoms with Gasteiger partial charge >= 0.3 is 11.9 Å². The largest absolute Gasteiger partial charge is 0.481 e. The van der Waals surface area contributed by atoms with Gasteiger partial charge in [0.2, 0.25) is 0 Å². The number of carboxylic acids is 2. The predicted molar refractivity (Wildman–Crippen MR) is 72.7 cm³/mol. The van der Waals surface area contributed by atoms with E-state index in [1.165, 1.54) is 0 Å². The molecule has 0 fully saturated rings. The molecule has 0 aliphatic heterocycles. The molecular formula is C14H26O4. The molecule has 18 heavy (non-hydrogen) atoms. The van der Waals surface area contributed by atoms with Crippen LogP contribution in [0.4, 0.5) is 0 Å². The van der Waals surface area contributed by atoms with Crippen molar-refractivity contribution in [3.8, 4) is 0 Å². The summed E-state index contributed by atoms with van der Waals surface area (Å²) in [5.41, 5.74) is 0. The van der Waals surface area contributed by atoms with Crippen molar-refractivity contribution in [1.82, 2.24) is 0 Å². The Bertz CT molecular complexity index is 210. The van der Waals surface area contributed by atoms with Crippen LogP contribution in [0, 0.1) is 0 Å². The molecule has 106 valence electrons. The fourth-order valence-electron chi connectivity index (χ4n) is 1.26. The first kappa shape index (κ1) is 19.0. The molecule has 4 nitrogen and oxygen atoms in total. The lowest BCUT2D eigenvalue weighted by molar-refractivity contribution is -0.138. The first-order valence-corrected chi connectivity index (χ1v) is 6.55. The highest BCUT2D eigenvalue weighted by Gasteiger charge is 1.98. The Morgan fingerprint density at radius 1 is 0.722 bits per heavy atom. The monoisotopic (exact) mass is 258 g/mol. The predicted octanol–water partition coefficient (Wildman–Crippen LogP) is 3.86. The third-order valence-corrected chi connectivity index (χ3v) is 2.36. The maximum atomic E-state index is 10.1. The minimum atomic E-state index is -0.740. The van der Waals surface area contributed by atoms with Crippen LogP contribution in [-0.4, -0.2) is 22.2 Å². The topological polar surface area (TPSA) is 74.6 Å². The second kappa shape index (κ2) is 15.7. The Kier molecular flexibility index (Phi) is 16.6. The highest BCUT2D eigenvalue weighted by Crippen LogP contribution is 2.08. The van der Waals surface area contributed by atoms with Crippen molar-refractivity contribution in [3.05, 3.63) is 12.2 Å². The highest BCUT2D eigenvalue weighted by molar-refractivity contribution is 5.66. The molecule has 2 N–H and O–H groups in total. The average Bonchev–Trinajstić information content (AvgIpc) is 2.32. The Morgan fingerprint density at radius 2 is 1.00 bits per heavy atom. The van der Waals surface area contributed by atoms with Gasteiger partial charge in [0.1, 0.15) is 0 Å². The molecule has 0 amide bonds. The lowest BCUT2D eigenvalue weighted by Crippen LogP contribution is -1.94. The van der Waals surface area contributed by atoms with Gasteiger partial charge in [-0.15, -0.1) is 0 Å². The van der Waals surface area contributed by atoms with E-state index in [9.17, 15) is 9.59 Å². The first-order valence-electron chi connectivity index (χ1n) is 6.55. The van der Waals surface area contributed by atoms with Crippen molar-refractivity contribution in [3.63, 3.8) is 0 Å². The van der Waals surface area contributed by atoms with E-state index in [1.807, 2.05) is 26.0 Å². The number of carboxylic acid groups (broad SMARTS) is 2. The molecule has 0 aromatic heterocycles. The van der Waals surface area contributed by atoms with E-state index in [0.717, 1.165) is 38.5 Å². The molecule has 0 bridgehead atoms. The van der Waals surface area contributed by atoms with Gasteiger partial charge < -0.3 is 10.2 Å². The Balaban J connectivity index is 0. The number of hydrogen-bond donors (Lipinski definition) is 2. The van der Waals surface area contributed by atoms with Crippen molar-refractivity contribution in [2.24, 2.45) is 0 Å². The Morgan fingerprint density at radius 3 is 1.22 bits per heavy atom. The van der Waals surface area contributed by atoms with Gasteiger partial charge in [0.25, 0.3) is 0 Å². The van der Waals surface area contributed by atoms with E-state index >= 15 is 0 Å². The van der Waals surface area contributed by atoms with E-state index in [1.54, 1.807) is 0 Å². The van der Waals surface area contributed by atoms with Crippen molar-refractivity contribution in [2.75, 3.05) is 0 Å². The van der Waals surface area contributed by atoms with Crippen molar-refractivity contribution in [1.29, 1.82) is 0 Å². The lowest BCUT2D eigenvalue weighted by atomic mass is 10.1. The molecule has 4 heteroatoms. The number of aliphatic carboxylic acids is 2. The zero-order chi connectivity index (χ0) is 14.2. The molecule has 0 aliphatic carbocycles. The smallest absolute Gasteiger partial charge is 0.303 e. The van der Waals surface area contributed by atoms with Crippen molar-refractivity contribution in [2.45, 2.75) is 65.2 Å². The van der Waals surface area contributed by atoms with Gasteiger partial charge in [-0.05, 0) is 26.7 Å². The summed E-state index contributed by atoms with van der Waals surface area (Å²) < 4.78 is 0. The summed E-state index contributed by atoms with van der Waals surface area (Å²) in [5, 5.41) is 16.7. The van der Waals surface area contributed by atoms with Gasteiger partial charge in [-0.25, -0.2) is 0 Å².